The van der Waals surface area contributed by atoms with Crippen LogP contribution < -0.4 is 10.6 Å². The van der Waals surface area contributed by atoms with Crippen molar-refractivity contribution in [1.29, 1.82) is 0 Å². The lowest BCUT2D eigenvalue weighted by atomic mass is 10.1. The Labute approximate surface area is 99.4 Å². The smallest absolute Gasteiger partial charge is 0.315 e. The molecule has 3 heterocycles. The van der Waals surface area contributed by atoms with E-state index in [-0.39, 0.29) is 0 Å². The summed E-state index contributed by atoms with van der Waals surface area (Å²) in [5, 5.41) is 0. The first-order valence-corrected chi connectivity index (χ1v) is 5.81. The molecule has 0 spiro atoms. The fourth-order valence-electron chi connectivity index (χ4n) is 2.30. The molecule has 6 nitrogen and oxygen atoms in total. The van der Waals surface area contributed by atoms with Gasteiger partial charge in [-0.2, -0.15) is 0 Å². The molecule has 2 aliphatic heterocycles. The number of hydrogen-bond donors (Lipinski definition) is 1. The fourth-order valence-corrected chi connectivity index (χ4v) is 2.30. The van der Waals surface area contributed by atoms with Crippen molar-refractivity contribution >= 4 is 11.8 Å². The van der Waals surface area contributed by atoms with Gasteiger partial charge < -0.3 is 15.5 Å². The normalized spacial score (nSPS) is 17.9. The molecule has 0 atom stereocenters. The number of nitrogens with zero attached hydrogens (tertiary/aromatic N) is 4. The molecule has 6 heteroatoms. The van der Waals surface area contributed by atoms with Gasteiger partial charge in [-0.1, -0.05) is 0 Å². The zero-order valence-corrected chi connectivity index (χ0v) is 9.81. The van der Waals surface area contributed by atoms with Gasteiger partial charge in [-0.3, -0.25) is 0 Å². The highest BCUT2D eigenvalue weighted by Gasteiger charge is 2.30. The van der Waals surface area contributed by atoms with Gasteiger partial charge in [0.2, 0.25) is 0 Å². The van der Waals surface area contributed by atoms with E-state index in [1.54, 1.807) is 4.90 Å². The average molecular weight is 233 g/mol. The van der Waals surface area contributed by atoms with Crippen LogP contribution >= 0.6 is 0 Å². The Kier molecular flexibility index (Phi) is 2.17. The van der Waals surface area contributed by atoms with Gasteiger partial charge in [-0.25, -0.2) is 14.8 Å². The van der Waals surface area contributed by atoms with E-state index in [1.807, 2.05) is 6.92 Å². The maximum Gasteiger partial charge on any atom is 0.315 e. The van der Waals surface area contributed by atoms with Crippen LogP contribution in [0.25, 0.3) is 0 Å². The van der Waals surface area contributed by atoms with E-state index < -0.39 is 6.03 Å². The molecule has 1 fully saturated rings. The Morgan fingerprint density at radius 3 is 2.65 bits per heavy atom. The second-order valence-corrected chi connectivity index (χ2v) is 4.55. The van der Waals surface area contributed by atoms with Gasteiger partial charge in [0.25, 0.3) is 0 Å². The Balaban J connectivity index is 1.99. The Morgan fingerprint density at radius 1 is 1.29 bits per heavy atom. The summed E-state index contributed by atoms with van der Waals surface area (Å²) < 4.78 is 0. The van der Waals surface area contributed by atoms with Gasteiger partial charge >= 0.3 is 6.03 Å². The lowest BCUT2D eigenvalue weighted by Gasteiger charge is -2.33. The van der Waals surface area contributed by atoms with Crippen LogP contribution in [0.1, 0.15) is 23.5 Å². The van der Waals surface area contributed by atoms with E-state index in [2.05, 4.69) is 14.9 Å². The third-order valence-electron chi connectivity index (χ3n) is 3.34. The minimum atomic E-state index is -0.393. The Bertz CT molecular complexity index is 483. The summed E-state index contributed by atoms with van der Waals surface area (Å²) in [5.74, 6) is 1.75. The van der Waals surface area contributed by atoms with E-state index in [9.17, 15) is 4.79 Å². The second-order valence-electron chi connectivity index (χ2n) is 4.55. The predicted octanol–water partition coefficient (Wildman–Crippen LogP) is 0.389. The summed E-state index contributed by atoms with van der Waals surface area (Å²) in [6, 6.07) is -0.393. The summed E-state index contributed by atoms with van der Waals surface area (Å²) >= 11 is 0. The second kappa shape index (κ2) is 3.58. The summed E-state index contributed by atoms with van der Waals surface area (Å²) in [5.41, 5.74) is 7.32. The average Bonchev–Trinajstić information content (AvgIpc) is 2.58. The molecule has 0 saturated carbocycles. The number of carbonyl (C=O) groups is 1. The number of primary amides is 1. The number of carbonyl (C=O) groups excluding carboxylic acids is 1. The topological polar surface area (TPSA) is 75.3 Å². The third-order valence-corrected chi connectivity index (χ3v) is 3.34. The molecule has 1 saturated heterocycles. The minimum Gasteiger partial charge on any atom is -0.356 e. The minimum absolute atomic E-state index is 0.393. The molecule has 0 radical (unpaired) electrons. The standard InChI is InChI=1S/C11H15N5O/c1-7-13-9-6-16(11(12)17)5-8(9)10(14-7)15-3-2-4-15/h2-6H2,1H3,(H2,12,17). The quantitative estimate of drug-likeness (QED) is 0.761. The Morgan fingerprint density at radius 2 is 2.06 bits per heavy atom. The van der Waals surface area contributed by atoms with E-state index in [0.29, 0.717) is 13.1 Å². The number of urea groups is 1. The monoisotopic (exact) mass is 233 g/mol. The van der Waals surface area contributed by atoms with Crippen LogP contribution in [0.15, 0.2) is 0 Å². The van der Waals surface area contributed by atoms with Crippen LogP contribution in [0, 0.1) is 6.92 Å². The zero-order valence-electron chi connectivity index (χ0n) is 9.81. The number of aryl methyl sites for hydroxylation is 1. The number of anilines is 1. The SMILES string of the molecule is Cc1nc2c(c(N3CCC3)n1)CN(C(N)=O)C2. The molecule has 2 aliphatic rings. The van der Waals surface area contributed by atoms with Crippen molar-refractivity contribution in [1.82, 2.24) is 14.9 Å². The van der Waals surface area contributed by atoms with Crippen molar-refractivity contribution in [3.05, 3.63) is 17.1 Å². The number of amides is 2. The first-order valence-electron chi connectivity index (χ1n) is 5.81. The van der Waals surface area contributed by atoms with Gasteiger partial charge in [0.1, 0.15) is 11.6 Å². The van der Waals surface area contributed by atoms with Crippen molar-refractivity contribution in [2.24, 2.45) is 5.73 Å². The molecular weight excluding hydrogens is 218 g/mol. The van der Waals surface area contributed by atoms with Crippen LogP contribution in [0.4, 0.5) is 10.6 Å². The maximum absolute atomic E-state index is 11.2. The summed E-state index contributed by atoms with van der Waals surface area (Å²) in [4.78, 5) is 23.9. The molecule has 1 aromatic rings. The Hall–Kier alpha value is -1.85. The number of nitrogens with two attached hydrogens (primary N) is 1. The van der Waals surface area contributed by atoms with Crippen molar-refractivity contribution in [2.75, 3.05) is 18.0 Å². The van der Waals surface area contributed by atoms with Crippen molar-refractivity contribution in [2.45, 2.75) is 26.4 Å². The molecule has 17 heavy (non-hydrogen) atoms. The first kappa shape index (κ1) is 10.3. The summed E-state index contributed by atoms with van der Waals surface area (Å²) in [6.07, 6.45) is 1.21. The van der Waals surface area contributed by atoms with Gasteiger partial charge in [-0.15, -0.1) is 0 Å². The van der Waals surface area contributed by atoms with Crippen LogP contribution in [0.2, 0.25) is 0 Å². The molecule has 3 rings (SSSR count). The van der Waals surface area contributed by atoms with Gasteiger partial charge in [0.05, 0.1) is 18.8 Å². The van der Waals surface area contributed by atoms with Crippen LogP contribution in [0.5, 0.6) is 0 Å². The molecule has 0 aromatic carbocycles. The van der Waals surface area contributed by atoms with Crippen molar-refractivity contribution in [3.63, 3.8) is 0 Å². The zero-order chi connectivity index (χ0) is 12.0. The molecular formula is C11H15N5O. The molecule has 0 aliphatic carbocycles. The third kappa shape index (κ3) is 1.60. The molecule has 90 valence electrons. The first-order chi connectivity index (χ1) is 8.15. The van der Waals surface area contributed by atoms with E-state index >= 15 is 0 Å². The fraction of sp³-hybridized carbons (Fsp3) is 0.545. The largest absolute Gasteiger partial charge is 0.356 e. The number of rotatable bonds is 1. The highest BCUT2D eigenvalue weighted by atomic mass is 16.2. The van der Waals surface area contributed by atoms with Gasteiger partial charge in [0.15, 0.2) is 0 Å². The van der Waals surface area contributed by atoms with Crippen molar-refractivity contribution < 1.29 is 4.79 Å². The molecule has 2 N–H and O–H groups in total. The lowest BCUT2D eigenvalue weighted by molar-refractivity contribution is 0.208. The van der Waals surface area contributed by atoms with Gasteiger partial charge in [0, 0.05) is 18.7 Å². The number of hydrogen-bond acceptors (Lipinski definition) is 4. The number of fused-ring (bicyclic) bond motifs is 1. The summed E-state index contributed by atoms with van der Waals surface area (Å²) in [7, 11) is 0. The van der Waals surface area contributed by atoms with E-state index in [4.69, 9.17) is 5.73 Å². The van der Waals surface area contributed by atoms with E-state index in [0.717, 1.165) is 36.0 Å². The number of aromatic nitrogens is 2. The molecule has 2 amide bonds. The predicted molar refractivity (Wildman–Crippen MR) is 62.4 cm³/mol. The summed E-state index contributed by atoms with van der Waals surface area (Å²) in [6.45, 7) is 5.01. The van der Waals surface area contributed by atoms with Crippen LogP contribution in [0.3, 0.4) is 0 Å². The van der Waals surface area contributed by atoms with Crippen molar-refractivity contribution in [3.8, 4) is 0 Å². The van der Waals surface area contributed by atoms with Crippen LogP contribution in [-0.2, 0) is 13.1 Å². The van der Waals surface area contributed by atoms with Crippen LogP contribution in [-0.4, -0.2) is 34.0 Å². The molecule has 1 aromatic heterocycles. The lowest BCUT2D eigenvalue weighted by Crippen LogP contribution is -2.38. The molecule has 0 unspecified atom stereocenters. The highest BCUT2D eigenvalue weighted by molar-refractivity contribution is 5.73. The molecule has 0 bridgehead atoms. The van der Waals surface area contributed by atoms with Gasteiger partial charge in [-0.05, 0) is 13.3 Å². The highest BCUT2D eigenvalue weighted by Crippen LogP contribution is 2.31. The maximum atomic E-state index is 11.2. The van der Waals surface area contributed by atoms with E-state index in [1.165, 1.54) is 6.42 Å².